The van der Waals surface area contributed by atoms with E-state index in [2.05, 4.69) is 11.5 Å². The fourth-order valence-corrected chi connectivity index (χ4v) is 4.14. The number of amides is 1. The normalized spacial score (nSPS) is 18.2. The van der Waals surface area contributed by atoms with Crippen molar-refractivity contribution in [2.45, 2.75) is 70.9 Å². The molecule has 6 heteroatoms. The van der Waals surface area contributed by atoms with Gasteiger partial charge in [0.1, 0.15) is 17.2 Å². The summed E-state index contributed by atoms with van der Waals surface area (Å²) in [6.45, 7) is 9.17. The molecule has 2 fully saturated rings. The van der Waals surface area contributed by atoms with Crippen LogP contribution in [0.3, 0.4) is 0 Å². The molecule has 1 saturated carbocycles. The van der Waals surface area contributed by atoms with Gasteiger partial charge in [-0.1, -0.05) is 0 Å². The van der Waals surface area contributed by atoms with Gasteiger partial charge in [-0.15, -0.1) is 0 Å². The summed E-state index contributed by atoms with van der Waals surface area (Å²) in [6.07, 6.45) is 3.90. The van der Waals surface area contributed by atoms with Crippen LogP contribution in [0, 0.1) is 12.7 Å². The number of likely N-dealkylation sites (tertiary alicyclic amines) is 1. The van der Waals surface area contributed by atoms with Gasteiger partial charge in [0.25, 0.3) is 0 Å². The van der Waals surface area contributed by atoms with Crippen molar-refractivity contribution in [3.63, 3.8) is 0 Å². The van der Waals surface area contributed by atoms with Crippen molar-refractivity contribution in [3.05, 3.63) is 41.6 Å². The Morgan fingerprint density at radius 2 is 1.72 bits per heavy atom. The molecule has 4 rings (SSSR count). The molecule has 1 aromatic carbocycles. The summed E-state index contributed by atoms with van der Waals surface area (Å²) in [5.74, 6) is 1.44. The molecule has 0 bridgehead atoms. The first-order valence-electron chi connectivity index (χ1n) is 10.6. The lowest BCUT2D eigenvalue weighted by Crippen LogP contribution is -2.42. The Kier molecular flexibility index (Phi) is 5.13. The molecule has 29 heavy (non-hydrogen) atoms. The molecule has 156 valence electrons. The molecule has 0 radical (unpaired) electrons. The monoisotopic (exact) mass is 399 g/mol. The number of aromatic nitrogens is 2. The first-order chi connectivity index (χ1) is 13.7. The highest BCUT2D eigenvalue weighted by Crippen LogP contribution is 2.43. The van der Waals surface area contributed by atoms with Crippen LogP contribution in [-0.4, -0.2) is 39.2 Å². The number of piperidine rings is 1. The first-order valence-corrected chi connectivity index (χ1v) is 10.6. The van der Waals surface area contributed by atoms with Crippen LogP contribution in [0.1, 0.15) is 69.9 Å². The molecular weight excluding hydrogens is 369 g/mol. The standard InChI is InChI=1S/C23H30FN3O2/c1-15-20(16-7-9-18(24)10-8-16)25-21(17-5-6-17)27(15)19-11-13-26(14-12-19)22(28)29-23(2,3)4/h7-10,17,19H,5-6,11-14H2,1-4H3. The number of carbonyl (C=O) groups is 1. The minimum Gasteiger partial charge on any atom is -0.444 e. The van der Waals surface area contributed by atoms with Crippen LogP contribution in [0.15, 0.2) is 24.3 Å². The number of carbonyl (C=O) groups excluding carboxylic acids is 1. The Labute approximate surface area is 171 Å². The Bertz CT molecular complexity index is 886. The summed E-state index contributed by atoms with van der Waals surface area (Å²) in [7, 11) is 0. The average molecular weight is 400 g/mol. The molecule has 1 saturated heterocycles. The van der Waals surface area contributed by atoms with Gasteiger partial charge in [0.15, 0.2) is 0 Å². The van der Waals surface area contributed by atoms with Crippen LogP contribution in [0.25, 0.3) is 11.3 Å². The Hall–Kier alpha value is -2.37. The van der Waals surface area contributed by atoms with Gasteiger partial charge in [-0.2, -0.15) is 0 Å². The molecular formula is C23H30FN3O2. The average Bonchev–Trinajstić information content (AvgIpc) is 3.45. The van der Waals surface area contributed by atoms with Crippen molar-refractivity contribution in [2.75, 3.05) is 13.1 Å². The van der Waals surface area contributed by atoms with Crippen molar-refractivity contribution < 1.29 is 13.9 Å². The van der Waals surface area contributed by atoms with Crippen molar-refractivity contribution in [1.82, 2.24) is 14.5 Å². The molecule has 1 aromatic heterocycles. The summed E-state index contributed by atoms with van der Waals surface area (Å²) >= 11 is 0. The molecule has 2 aliphatic rings. The second-order valence-corrected chi connectivity index (χ2v) is 9.25. The van der Waals surface area contributed by atoms with E-state index >= 15 is 0 Å². The highest BCUT2D eigenvalue weighted by molar-refractivity contribution is 5.68. The number of hydrogen-bond acceptors (Lipinski definition) is 3. The van der Waals surface area contributed by atoms with Crippen LogP contribution in [0.5, 0.6) is 0 Å². The minimum absolute atomic E-state index is 0.229. The third-order valence-corrected chi connectivity index (χ3v) is 5.72. The predicted octanol–water partition coefficient (Wildman–Crippen LogP) is 5.45. The number of benzene rings is 1. The Morgan fingerprint density at radius 1 is 1.10 bits per heavy atom. The van der Waals surface area contributed by atoms with E-state index in [1.807, 2.05) is 25.7 Å². The summed E-state index contributed by atoms with van der Waals surface area (Å²) in [4.78, 5) is 19.2. The minimum atomic E-state index is -0.474. The van der Waals surface area contributed by atoms with Gasteiger partial charge in [0, 0.05) is 36.3 Å². The van der Waals surface area contributed by atoms with E-state index < -0.39 is 5.60 Å². The van der Waals surface area contributed by atoms with Gasteiger partial charge in [0.05, 0.1) is 5.69 Å². The fraction of sp³-hybridized carbons (Fsp3) is 0.565. The topological polar surface area (TPSA) is 47.4 Å². The quantitative estimate of drug-likeness (QED) is 0.690. The Balaban J connectivity index is 1.55. The van der Waals surface area contributed by atoms with E-state index in [4.69, 9.17) is 9.72 Å². The maximum atomic E-state index is 13.4. The second kappa shape index (κ2) is 7.47. The van der Waals surface area contributed by atoms with Gasteiger partial charge in [-0.25, -0.2) is 14.2 Å². The molecule has 0 atom stereocenters. The van der Waals surface area contributed by atoms with E-state index in [-0.39, 0.29) is 11.9 Å². The highest BCUT2D eigenvalue weighted by Gasteiger charge is 2.35. The third-order valence-electron chi connectivity index (χ3n) is 5.72. The van der Waals surface area contributed by atoms with Crippen LogP contribution >= 0.6 is 0 Å². The van der Waals surface area contributed by atoms with Crippen LogP contribution < -0.4 is 0 Å². The first kappa shape index (κ1) is 19.9. The highest BCUT2D eigenvalue weighted by atomic mass is 19.1. The van der Waals surface area contributed by atoms with Crippen molar-refractivity contribution in [1.29, 1.82) is 0 Å². The molecule has 0 unspecified atom stereocenters. The molecule has 1 aliphatic carbocycles. The SMILES string of the molecule is Cc1c(-c2ccc(F)cc2)nc(C2CC2)n1C1CCN(C(=O)OC(C)(C)C)CC1. The van der Waals surface area contributed by atoms with Crippen molar-refractivity contribution in [2.24, 2.45) is 0 Å². The lowest BCUT2D eigenvalue weighted by Gasteiger charge is -2.35. The van der Waals surface area contributed by atoms with Crippen molar-refractivity contribution >= 4 is 6.09 Å². The molecule has 1 amide bonds. The van der Waals surface area contributed by atoms with Crippen LogP contribution in [0.4, 0.5) is 9.18 Å². The molecule has 2 aromatic rings. The van der Waals surface area contributed by atoms with Gasteiger partial charge in [0.2, 0.25) is 0 Å². The van der Waals surface area contributed by atoms with E-state index in [1.54, 1.807) is 12.1 Å². The van der Waals surface area contributed by atoms with Gasteiger partial charge < -0.3 is 14.2 Å². The van der Waals surface area contributed by atoms with Crippen molar-refractivity contribution in [3.8, 4) is 11.3 Å². The summed E-state index contributed by atoms with van der Waals surface area (Å²) in [5.41, 5.74) is 2.56. The maximum absolute atomic E-state index is 13.4. The number of hydrogen-bond donors (Lipinski definition) is 0. The number of ether oxygens (including phenoxy) is 1. The van der Waals surface area contributed by atoms with E-state index in [0.717, 1.165) is 35.6 Å². The summed E-state index contributed by atoms with van der Waals surface area (Å²) in [6, 6.07) is 6.91. The van der Waals surface area contributed by atoms with Gasteiger partial charge >= 0.3 is 6.09 Å². The number of nitrogens with zero attached hydrogens (tertiary/aromatic N) is 3. The van der Waals surface area contributed by atoms with E-state index in [1.165, 1.54) is 25.0 Å². The predicted molar refractivity (Wildman–Crippen MR) is 110 cm³/mol. The number of imidazole rings is 1. The van der Waals surface area contributed by atoms with E-state index in [0.29, 0.717) is 25.0 Å². The molecule has 1 aliphatic heterocycles. The lowest BCUT2D eigenvalue weighted by atomic mass is 10.0. The van der Waals surface area contributed by atoms with Crippen LogP contribution in [0.2, 0.25) is 0 Å². The number of rotatable bonds is 3. The lowest BCUT2D eigenvalue weighted by molar-refractivity contribution is 0.0187. The molecule has 5 nitrogen and oxygen atoms in total. The zero-order valence-corrected chi connectivity index (χ0v) is 17.7. The third kappa shape index (κ3) is 4.31. The Morgan fingerprint density at radius 3 is 2.28 bits per heavy atom. The van der Waals surface area contributed by atoms with Gasteiger partial charge in [-0.3, -0.25) is 0 Å². The zero-order valence-electron chi connectivity index (χ0n) is 17.7. The summed E-state index contributed by atoms with van der Waals surface area (Å²) in [5, 5.41) is 0. The smallest absolute Gasteiger partial charge is 0.410 e. The van der Waals surface area contributed by atoms with Crippen LogP contribution in [-0.2, 0) is 4.74 Å². The van der Waals surface area contributed by atoms with E-state index in [9.17, 15) is 9.18 Å². The fourth-order valence-electron chi connectivity index (χ4n) is 4.14. The second-order valence-electron chi connectivity index (χ2n) is 9.25. The zero-order chi connectivity index (χ0) is 20.8. The largest absolute Gasteiger partial charge is 0.444 e. The molecule has 2 heterocycles. The summed E-state index contributed by atoms with van der Waals surface area (Å²) < 4.78 is 21.3. The molecule has 0 N–H and O–H groups in total. The van der Waals surface area contributed by atoms with Gasteiger partial charge in [-0.05, 0) is 77.6 Å². The molecule has 0 spiro atoms. The maximum Gasteiger partial charge on any atom is 0.410 e. The number of halogens is 1.